The molecule has 0 fully saturated rings. The van der Waals surface area contributed by atoms with E-state index in [2.05, 4.69) is 5.16 Å². The lowest BCUT2D eigenvalue weighted by atomic mass is 10.2. The van der Waals surface area contributed by atoms with Gasteiger partial charge in [-0.2, -0.15) is 4.31 Å². The van der Waals surface area contributed by atoms with Crippen LogP contribution in [-0.4, -0.2) is 24.9 Å². The molecule has 0 radical (unpaired) electrons. The van der Waals surface area contributed by atoms with Gasteiger partial charge in [-0.15, -0.1) is 0 Å². The van der Waals surface area contributed by atoms with Gasteiger partial charge in [0.2, 0.25) is 10.0 Å². The second kappa shape index (κ2) is 5.38. The van der Waals surface area contributed by atoms with Crippen LogP contribution in [0.25, 0.3) is 0 Å². The third-order valence-electron chi connectivity index (χ3n) is 3.09. The highest BCUT2D eigenvalue weighted by Gasteiger charge is 2.23. The fourth-order valence-corrected chi connectivity index (χ4v) is 3.41. The highest BCUT2D eigenvalue weighted by molar-refractivity contribution is 7.89. The van der Waals surface area contributed by atoms with Crippen LogP contribution in [0.2, 0.25) is 0 Å². The van der Waals surface area contributed by atoms with Gasteiger partial charge in [-0.05, 0) is 38.0 Å². The van der Waals surface area contributed by atoms with Gasteiger partial charge >= 0.3 is 0 Å². The van der Waals surface area contributed by atoms with Gasteiger partial charge in [0, 0.05) is 13.1 Å². The molecule has 0 aliphatic rings. The number of benzene rings is 1. The van der Waals surface area contributed by atoms with Gasteiger partial charge in [0.1, 0.15) is 5.76 Å². The first-order valence-electron chi connectivity index (χ1n) is 6.26. The summed E-state index contributed by atoms with van der Waals surface area (Å²) >= 11 is 0. The molecule has 1 heterocycles. The van der Waals surface area contributed by atoms with Crippen molar-refractivity contribution < 1.29 is 12.9 Å². The summed E-state index contributed by atoms with van der Waals surface area (Å²) < 4.78 is 31.4. The highest BCUT2D eigenvalue weighted by atomic mass is 32.2. The molecular formula is C14H18N2O3S. The minimum atomic E-state index is -3.53. The topological polar surface area (TPSA) is 63.4 Å². The summed E-state index contributed by atoms with van der Waals surface area (Å²) in [5.41, 5.74) is 2.25. The third-order valence-corrected chi connectivity index (χ3v) is 5.04. The smallest absolute Gasteiger partial charge is 0.243 e. The van der Waals surface area contributed by atoms with Crippen molar-refractivity contribution in [3.63, 3.8) is 0 Å². The van der Waals surface area contributed by atoms with Crippen molar-refractivity contribution in [2.75, 3.05) is 7.05 Å². The number of sulfonamides is 1. The van der Waals surface area contributed by atoms with Gasteiger partial charge in [0.25, 0.3) is 0 Å². The van der Waals surface area contributed by atoms with E-state index in [0.717, 1.165) is 11.1 Å². The maximum Gasteiger partial charge on any atom is 0.243 e. The van der Waals surface area contributed by atoms with E-state index >= 15 is 0 Å². The Kier molecular flexibility index (Phi) is 3.96. The van der Waals surface area contributed by atoms with E-state index in [9.17, 15) is 8.42 Å². The number of hydrogen-bond donors (Lipinski definition) is 0. The van der Waals surface area contributed by atoms with Crippen LogP contribution < -0.4 is 0 Å². The lowest BCUT2D eigenvalue weighted by Crippen LogP contribution is -2.27. The lowest BCUT2D eigenvalue weighted by Gasteiger charge is -2.17. The van der Waals surface area contributed by atoms with Crippen LogP contribution in [-0.2, 0) is 16.6 Å². The Morgan fingerprint density at radius 3 is 2.50 bits per heavy atom. The molecular weight excluding hydrogens is 276 g/mol. The number of aromatic nitrogens is 1. The Balaban J connectivity index is 2.32. The van der Waals surface area contributed by atoms with Crippen LogP contribution in [0.3, 0.4) is 0 Å². The van der Waals surface area contributed by atoms with Crippen molar-refractivity contribution >= 4 is 10.0 Å². The first kappa shape index (κ1) is 14.7. The fraction of sp³-hybridized carbons (Fsp3) is 0.357. The van der Waals surface area contributed by atoms with Gasteiger partial charge < -0.3 is 4.52 Å². The molecule has 0 bridgehead atoms. The third kappa shape index (κ3) is 2.91. The van der Waals surface area contributed by atoms with E-state index in [-0.39, 0.29) is 6.54 Å². The molecule has 0 unspecified atom stereocenters. The van der Waals surface area contributed by atoms with Gasteiger partial charge in [-0.3, -0.25) is 0 Å². The zero-order chi connectivity index (χ0) is 14.9. The normalized spacial score (nSPS) is 12.1. The average Bonchev–Trinajstić information content (AvgIpc) is 2.77. The fourth-order valence-electron chi connectivity index (χ4n) is 1.96. The summed E-state index contributed by atoms with van der Waals surface area (Å²) in [6, 6.07) is 7.13. The van der Waals surface area contributed by atoms with Crippen molar-refractivity contribution in [1.82, 2.24) is 9.46 Å². The molecule has 0 saturated heterocycles. The van der Waals surface area contributed by atoms with Crippen LogP contribution in [0.4, 0.5) is 0 Å². The first-order chi connectivity index (χ1) is 9.30. The molecule has 0 spiro atoms. The molecule has 108 valence electrons. The summed E-state index contributed by atoms with van der Waals surface area (Å²) in [4.78, 5) is 0.334. The largest absolute Gasteiger partial charge is 0.361 e. The van der Waals surface area contributed by atoms with Gasteiger partial charge in [-0.25, -0.2) is 8.42 Å². The summed E-state index contributed by atoms with van der Waals surface area (Å²) in [6.07, 6.45) is 0. The summed E-state index contributed by atoms with van der Waals surface area (Å²) in [6.45, 7) is 5.63. The van der Waals surface area contributed by atoms with Gasteiger partial charge in [0.05, 0.1) is 17.1 Å². The van der Waals surface area contributed by atoms with E-state index in [1.807, 2.05) is 19.1 Å². The molecule has 20 heavy (non-hydrogen) atoms. The highest BCUT2D eigenvalue weighted by Crippen LogP contribution is 2.21. The predicted octanol–water partition coefficient (Wildman–Crippen LogP) is 2.42. The average molecular weight is 294 g/mol. The second-order valence-corrected chi connectivity index (χ2v) is 6.97. The Bertz CT molecular complexity index is 720. The number of nitrogens with zero attached hydrogens (tertiary/aromatic N) is 2. The number of rotatable bonds is 4. The molecule has 0 saturated carbocycles. The molecule has 2 aromatic rings. The summed E-state index contributed by atoms with van der Waals surface area (Å²) in [7, 11) is -1.99. The minimum Gasteiger partial charge on any atom is -0.361 e. The zero-order valence-electron chi connectivity index (χ0n) is 12.0. The molecule has 0 atom stereocenters. The van der Waals surface area contributed by atoms with Crippen molar-refractivity contribution in [3.05, 3.63) is 46.8 Å². The van der Waals surface area contributed by atoms with Crippen LogP contribution in [0.5, 0.6) is 0 Å². The predicted molar refractivity (Wildman–Crippen MR) is 75.8 cm³/mol. The van der Waals surface area contributed by atoms with E-state index in [0.29, 0.717) is 16.3 Å². The Morgan fingerprint density at radius 1 is 1.20 bits per heavy atom. The minimum absolute atomic E-state index is 0.188. The zero-order valence-corrected chi connectivity index (χ0v) is 12.9. The van der Waals surface area contributed by atoms with Crippen LogP contribution >= 0.6 is 0 Å². The maximum atomic E-state index is 12.6. The number of hydrogen-bond acceptors (Lipinski definition) is 4. The Labute approximate surface area is 119 Å². The van der Waals surface area contributed by atoms with Crippen molar-refractivity contribution in [2.24, 2.45) is 0 Å². The van der Waals surface area contributed by atoms with Crippen molar-refractivity contribution in [2.45, 2.75) is 32.2 Å². The van der Waals surface area contributed by atoms with Gasteiger partial charge in [0.15, 0.2) is 0 Å². The second-order valence-electron chi connectivity index (χ2n) is 4.96. The van der Waals surface area contributed by atoms with Crippen LogP contribution in [0.15, 0.2) is 33.7 Å². The standard InChI is InChI=1S/C14H18N2O3S/c1-10-5-6-11(2)14(7-10)20(17,18)16(4)9-13-8-12(3)19-15-13/h5-8H,9H2,1-4H3. The summed E-state index contributed by atoms with van der Waals surface area (Å²) in [5.74, 6) is 0.664. The first-order valence-corrected chi connectivity index (χ1v) is 7.70. The summed E-state index contributed by atoms with van der Waals surface area (Å²) in [5, 5.41) is 3.82. The quantitative estimate of drug-likeness (QED) is 0.868. The van der Waals surface area contributed by atoms with Crippen LogP contribution in [0.1, 0.15) is 22.6 Å². The van der Waals surface area contributed by atoms with E-state index in [1.54, 1.807) is 33.0 Å². The lowest BCUT2D eigenvalue weighted by molar-refractivity contribution is 0.378. The van der Waals surface area contributed by atoms with Crippen LogP contribution in [0, 0.1) is 20.8 Å². The molecule has 0 N–H and O–H groups in total. The molecule has 1 aromatic heterocycles. The maximum absolute atomic E-state index is 12.6. The van der Waals surface area contributed by atoms with Gasteiger partial charge in [-0.1, -0.05) is 17.3 Å². The van der Waals surface area contributed by atoms with Crippen molar-refractivity contribution in [3.8, 4) is 0 Å². The molecule has 0 aliphatic heterocycles. The Morgan fingerprint density at radius 2 is 1.90 bits per heavy atom. The SMILES string of the molecule is Cc1ccc(C)c(S(=O)(=O)N(C)Cc2cc(C)on2)c1. The molecule has 0 aliphatic carbocycles. The van der Waals surface area contributed by atoms with E-state index in [4.69, 9.17) is 4.52 Å². The molecule has 6 heteroatoms. The molecule has 2 rings (SSSR count). The van der Waals surface area contributed by atoms with Crippen molar-refractivity contribution in [1.29, 1.82) is 0 Å². The van der Waals surface area contributed by atoms with E-state index in [1.165, 1.54) is 4.31 Å². The molecule has 5 nitrogen and oxygen atoms in total. The number of aryl methyl sites for hydroxylation is 3. The molecule has 0 amide bonds. The molecule has 1 aromatic carbocycles. The van der Waals surface area contributed by atoms with E-state index < -0.39 is 10.0 Å². The Hall–Kier alpha value is -1.66. The monoisotopic (exact) mass is 294 g/mol.